The first-order valence-electron chi connectivity index (χ1n) is 6.47. The van der Waals surface area contributed by atoms with Gasteiger partial charge in [-0.25, -0.2) is 9.38 Å². The van der Waals surface area contributed by atoms with Crippen LogP contribution >= 0.6 is 0 Å². The van der Waals surface area contributed by atoms with Crippen LogP contribution in [0.25, 0.3) is 0 Å². The third kappa shape index (κ3) is 6.55. The van der Waals surface area contributed by atoms with E-state index in [0.29, 0.717) is 0 Å². The number of hydrogen-bond acceptors (Lipinski definition) is 3. The lowest BCUT2D eigenvalue weighted by Crippen LogP contribution is -2.18. The van der Waals surface area contributed by atoms with Gasteiger partial charge in [0.25, 0.3) is 0 Å². The molecule has 0 aromatic carbocycles. The third-order valence-electron chi connectivity index (χ3n) is 2.64. The van der Waals surface area contributed by atoms with Crippen LogP contribution in [-0.4, -0.2) is 31.4 Å². The van der Waals surface area contributed by atoms with Crippen LogP contribution in [0.4, 0.5) is 30.7 Å². The first-order chi connectivity index (χ1) is 11.3. The lowest BCUT2D eigenvalue weighted by Gasteiger charge is -2.15. The molecule has 0 unspecified atom stereocenters. The Morgan fingerprint density at radius 1 is 1.04 bits per heavy atom. The second-order valence-corrected chi connectivity index (χ2v) is 4.41. The predicted octanol–water partition coefficient (Wildman–Crippen LogP) is 5.44. The quantitative estimate of drug-likeness (QED) is 0.264. The molecule has 25 heavy (non-hydrogen) atoms. The number of aliphatic imine (C=N–C) groups is 2. The average molecular weight is 372 g/mol. The first kappa shape index (κ1) is 22.6. The van der Waals surface area contributed by atoms with Crippen molar-refractivity contribution in [3.05, 3.63) is 47.8 Å². The van der Waals surface area contributed by atoms with E-state index >= 15 is 0 Å². The summed E-state index contributed by atoms with van der Waals surface area (Å²) >= 11 is 0. The van der Waals surface area contributed by atoms with Crippen LogP contribution in [0.15, 0.2) is 57.8 Å². The Morgan fingerprint density at radius 3 is 1.88 bits per heavy atom. The minimum absolute atomic E-state index is 0.562. The Labute approximate surface area is 139 Å². The molecule has 0 radical (unpaired) electrons. The smallest absolute Gasteiger partial charge is 0.424 e. The van der Waals surface area contributed by atoms with Crippen LogP contribution in [0.5, 0.6) is 0 Å². The van der Waals surface area contributed by atoms with Crippen LogP contribution in [0.1, 0.15) is 13.8 Å². The Hall–Kier alpha value is -2.39. The van der Waals surface area contributed by atoms with Crippen LogP contribution < -0.4 is 0 Å². The molecule has 0 saturated heterocycles. The van der Waals surface area contributed by atoms with E-state index in [0.717, 1.165) is 26.4 Å². The largest absolute Gasteiger partial charge is 0.480 e. The van der Waals surface area contributed by atoms with Gasteiger partial charge in [-0.15, -0.1) is 0 Å². The Morgan fingerprint density at radius 2 is 1.56 bits per heavy atom. The zero-order chi connectivity index (χ0) is 20.0. The summed E-state index contributed by atoms with van der Waals surface area (Å²) in [4.78, 5) is 6.81. The lowest BCUT2D eigenvalue weighted by atomic mass is 10.0. The summed E-state index contributed by atoms with van der Waals surface area (Å²) in [6.07, 6.45) is -8.22. The molecule has 0 fully saturated rings. The molecule has 0 rings (SSSR count). The minimum Gasteiger partial charge on any atom is -0.480 e. The first-order valence-corrected chi connectivity index (χ1v) is 6.47. The second-order valence-electron chi connectivity index (χ2n) is 4.41. The second kappa shape index (κ2) is 8.63. The molecule has 0 saturated carbocycles. The number of ether oxygens (including phenoxy) is 1. The molecule has 140 valence electrons. The van der Waals surface area contributed by atoms with Crippen molar-refractivity contribution in [2.45, 2.75) is 26.2 Å². The van der Waals surface area contributed by atoms with Gasteiger partial charge in [0, 0.05) is 18.0 Å². The highest BCUT2D eigenvalue weighted by atomic mass is 19.4. The van der Waals surface area contributed by atoms with E-state index in [1.54, 1.807) is 0 Å². The molecular weight excluding hydrogens is 357 g/mol. The molecule has 0 atom stereocenters. The van der Waals surface area contributed by atoms with E-state index in [-0.39, 0.29) is 0 Å². The molecule has 0 aliphatic heterocycles. The van der Waals surface area contributed by atoms with Crippen molar-refractivity contribution >= 4 is 11.9 Å². The van der Waals surface area contributed by atoms with Crippen molar-refractivity contribution in [3.8, 4) is 0 Å². The number of halogens is 7. The summed E-state index contributed by atoms with van der Waals surface area (Å²) in [5, 5.41) is 0. The number of methoxy groups -OCH3 is 1. The molecular formula is C15H15F7N2O. The van der Waals surface area contributed by atoms with Gasteiger partial charge in [0.15, 0.2) is 5.57 Å². The average Bonchev–Trinajstić information content (AvgIpc) is 2.43. The summed E-state index contributed by atoms with van der Waals surface area (Å²) in [5.41, 5.74) is -4.58. The minimum atomic E-state index is -5.21. The molecule has 0 heterocycles. The van der Waals surface area contributed by atoms with E-state index in [1.807, 2.05) is 0 Å². The maximum atomic E-state index is 13.1. The van der Waals surface area contributed by atoms with Gasteiger partial charge in [-0.3, -0.25) is 4.99 Å². The van der Waals surface area contributed by atoms with Crippen molar-refractivity contribution in [1.82, 2.24) is 0 Å². The van der Waals surface area contributed by atoms with E-state index in [2.05, 4.69) is 27.9 Å². The van der Waals surface area contributed by atoms with Gasteiger partial charge in [0.05, 0.1) is 18.4 Å². The van der Waals surface area contributed by atoms with Crippen LogP contribution in [0, 0.1) is 0 Å². The molecule has 0 spiro atoms. The number of alkyl halides is 6. The normalized spacial score (nSPS) is 15.3. The van der Waals surface area contributed by atoms with Gasteiger partial charge in [-0.05, 0) is 13.8 Å². The lowest BCUT2D eigenvalue weighted by molar-refractivity contribution is -0.0945. The van der Waals surface area contributed by atoms with Crippen LogP contribution in [0.2, 0.25) is 0 Å². The highest BCUT2D eigenvalue weighted by molar-refractivity contribution is 6.02. The molecule has 0 bridgehead atoms. The van der Waals surface area contributed by atoms with Crippen molar-refractivity contribution in [2.24, 2.45) is 9.98 Å². The fourth-order valence-electron chi connectivity index (χ4n) is 1.50. The zero-order valence-corrected chi connectivity index (χ0v) is 13.5. The molecule has 0 aromatic heterocycles. The zero-order valence-electron chi connectivity index (χ0n) is 13.5. The number of allylic oxidation sites excluding steroid dienone is 4. The molecule has 0 N–H and O–H groups in total. The highest BCUT2D eigenvalue weighted by Crippen LogP contribution is 2.35. The molecule has 0 aliphatic carbocycles. The SMILES string of the molecule is C=C(F)\C(=C(/N=C(C)/C(=C/N=C\C)C(=C)C(F)(F)F)OC)C(F)(F)F. The van der Waals surface area contributed by atoms with Crippen molar-refractivity contribution in [2.75, 3.05) is 7.11 Å². The van der Waals surface area contributed by atoms with Crippen LogP contribution in [-0.2, 0) is 4.74 Å². The topological polar surface area (TPSA) is 34.0 Å². The summed E-state index contributed by atoms with van der Waals surface area (Å²) in [6.45, 7) is 7.76. The van der Waals surface area contributed by atoms with Gasteiger partial charge in [0.1, 0.15) is 5.83 Å². The molecule has 3 nitrogen and oxygen atoms in total. The van der Waals surface area contributed by atoms with Gasteiger partial charge in [0.2, 0.25) is 5.88 Å². The maximum Gasteiger partial charge on any atom is 0.424 e. The Balaban J connectivity index is 6.43. The van der Waals surface area contributed by atoms with E-state index in [1.165, 1.54) is 6.92 Å². The summed E-state index contributed by atoms with van der Waals surface area (Å²) in [6, 6.07) is 0. The fourth-order valence-corrected chi connectivity index (χ4v) is 1.50. The van der Waals surface area contributed by atoms with Gasteiger partial charge in [-0.2, -0.15) is 26.3 Å². The third-order valence-corrected chi connectivity index (χ3v) is 2.64. The van der Waals surface area contributed by atoms with Gasteiger partial charge >= 0.3 is 12.4 Å². The highest BCUT2D eigenvalue weighted by Gasteiger charge is 2.40. The van der Waals surface area contributed by atoms with Crippen molar-refractivity contribution in [1.29, 1.82) is 0 Å². The Kier molecular flexibility index (Phi) is 7.81. The standard InChI is InChI=1S/C15H15F7N2O/c1-6-23-7-11(8(2)14(17,18)19)10(4)24-13(25-5)12(9(3)16)15(20,21)22/h6-7H,2-3H2,1,4-5H3/b11-7+,13-12-,23-6-,24-10+. The summed E-state index contributed by atoms with van der Waals surface area (Å²) in [7, 11) is 0.757. The fraction of sp³-hybridized carbons (Fsp3) is 0.333. The number of nitrogens with zero attached hydrogens (tertiary/aromatic N) is 2. The van der Waals surface area contributed by atoms with Gasteiger partial charge < -0.3 is 4.74 Å². The Bertz CT molecular complexity index is 650. The van der Waals surface area contributed by atoms with E-state index in [4.69, 9.17) is 0 Å². The maximum absolute atomic E-state index is 13.1. The number of rotatable bonds is 6. The van der Waals surface area contributed by atoms with Crippen molar-refractivity contribution in [3.63, 3.8) is 0 Å². The van der Waals surface area contributed by atoms with Gasteiger partial charge in [-0.1, -0.05) is 13.2 Å². The number of hydrogen-bond donors (Lipinski definition) is 0. The summed E-state index contributed by atoms with van der Waals surface area (Å²) in [5.74, 6) is -3.17. The molecule has 0 aromatic rings. The van der Waals surface area contributed by atoms with E-state index in [9.17, 15) is 30.7 Å². The summed E-state index contributed by atoms with van der Waals surface area (Å²) < 4.78 is 94.6. The predicted molar refractivity (Wildman–Crippen MR) is 80.9 cm³/mol. The monoisotopic (exact) mass is 372 g/mol. The molecule has 10 heteroatoms. The van der Waals surface area contributed by atoms with E-state index < -0.39 is 46.5 Å². The van der Waals surface area contributed by atoms with Crippen LogP contribution in [0.3, 0.4) is 0 Å². The van der Waals surface area contributed by atoms with Crippen molar-refractivity contribution < 1.29 is 35.5 Å². The molecule has 0 aliphatic rings. The molecule has 0 amide bonds.